The summed E-state index contributed by atoms with van der Waals surface area (Å²) in [7, 11) is 0. The van der Waals surface area contributed by atoms with E-state index in [1.165, 1.54) is 22.9 Å². The van der Waals surface area contributed by atoms with Crippen LogP contribution < -0.4 is 0 Å². The molecule has 4 heteroatoms. The Labute approximate surface area is 178 Å². The van der Waals surface area contributed by atoms with Gasteiger partial charge in [0.1, 0.15) is 0 Å². The number of amidine groups is 1. The van der Waals surface area contributed by atoms with Gasteiger partial charge in [-0.25, -0.2) is 4.99 Å². The second-order valence-electron chi connectivity index (χ2n) is 8.52. The smallest absolute Gasteiger partial charge is 0.266 e. The normalized spacial score (nSPS) is 17.6. The van der Waals surface area contributed by atoms with E-state index in [1.807, 2.05) is 35.2 Å². The third kappa shape index (κ3) is 5.39. The number of carbonyl (C=O) groups is 1. The molecule has 3 rings (SSSR count). The van der Waals surface area contributed by atoms with Crippen LogP contribution in [0.15, 0.2) is 58.4 Å². The Kier molecular flexibility index (Phi) is 6.63. The zero-order valence-electron chi connectivity index (χ0n) is 18.0. The minimum atomic E-state index is 0.0502. The summed E-state index contributed by atoms with van der Waals surface area (Å²) in [6.07, 6.45) is 3.99. The minimum absolute atomic E-state index is 0.0502. The molecule has 0 bridgehead atoms. The van der Waals surface area contributed by atoms with E-state index in [-0.39, 0.29) is 11.3 Å². The van der Waals surface area contributed by atoms with Crippen molar-refractivity contribution in [1.82, 2.24) is 4.90 Å². The molecule has 3 nitrogen and oxygen atoms in total. The van der Waals surface area contributed by atoms with Gasteiger partial charge in [0.05, 0.1) is 10.6 Å². The summed E-state index contributed by atoms with van der Waals surface area (Å²) in [4.78, 5) is 20.4. The SMILES string of the molecule is CCCCN1C(=O)/C(=C\c2ccc(C(C)(C)C)cc2)SC1=Nc1ccc(C)cc1. The van der Waals surface area contributed by atoms with Crippen molar-refractivity contribution in [2.75, 3.05) is 6.54 Å². The second kappa shape index (κ2) is 9.00. The van der Waals surface area contributed by atoms with Crippen LogP contribution in [0.4, 0.5) is 5.69 Å². The third-order valence-electron chi connectivity index (χ3n) is 4.96. The van der Waals surface area contributed by atoms with Crippen molar-refractivity contribution in [2.24, 2.45) is 4.99 Å². The van der Waals surface area contributed by atoms with Gasteiger partial charge in [0.25, 0.3) is 5.91 Å². The molecule has 1 heterocycles. The van der Waals surface area contributed by atoms with Crippen molar-refractivity contribution in [3.8, 4) is 0 Å². The summed E-state index contributed by atoms with van der Waals surface area (Å²) in [5, 5.41) is 0.768. The molecule has 1 fully saturated rings. The van der Waals surface area contributed by atoms with Gasteiger partial charge >= 0.3 is 0 Å². The van der Waals surface area contributed by atoms with Crippen molar-refractivity contribution in [1.29, 1.82) is 0 Å². The predicted octanol–water partition coefficient (Wildman–Crippen LogP) is 6.70. The molecule has 0 saturated carbocycles. The van der Waals surface area contributed by atoms with Crippen molar-refractivity contribution >= 4 is 34.6 Å². The van der Waals surface area contributed by atoms with Crippen molar-refractivity contribution in [3.63, 3.8) is 0 Å². The molecule has 0 aromatic heterocycles. The molecule has 1 amide bonds. The van der Waals surface area contributed by atoms with E-state index >= 15 is 0 Å². The molecule has 29 heavy (non-hydrogen) atoms. The standard InChI is InChI=1S/C25H30N2OS/c1-6-7-16-27-23(28)22(17-19-10-12-20(13-11-19)25(3,4)5)29-24(27)26-21-14-8-18(2)9-15-21/h8-15,17H,6-7,16H2,1-5H3/b22-17+,26-24?. The van der Waals surface area contributed by atoms with Gasteiger partial charge in [-0.15, -0.1) is 0 Å². The van der Waals surface area contributed by atoms with E-state index in [1.54, 1.807) is 0 Å². The van der Waals surface area contributed by atoms with Gasteiger partial charge in [-0.05, 0) is 59.9 Å². The highest BCUT2D eigenvalue weighted by Gasteiger charge is 2.32. The Morgan fingerprint density at radius 2 is 1.69 bits per heavy atom. The first-order chi connectivity index (χ1) is 13.8. The summed E-state index contributed by atoms with van der Waals surface area (Å²) in [6.45, 7) is 11.5. The number of amides is 1. The first-order valence-corrected chi connectivity index (χ1v) is 11.1. The number of rotatable bonds is 5. The average Bonchev–Trinajstić information content (AvgIpc) is 2.96. The van der Waals surface area contributed by atoms with Gasteiger partial charge in [0.2, 0.25) is 0 Å². The first kappa shape index (κ1) is 21.4. The lowest BCUT2D eigenvalue weighted by molar-refractivity contribution is -0.122. The molecule has 152 valence electrons. The Bertz CT molecular complexity index is 919. The number of benzene rings is 2. The van der Waals surface area contributed by atoms with Gasteiger partial charge in [0, 0.05) is 6.54 Å². The van der Waals surface area contributed by atoms with E-state index < -0.39 is 0 Å². The molecule has 0 N–H and O–H groups in total. The van der Waals surface area contributed by atoms with E-state index in [2.05, 4.69) is 58.9 Å². The lowest BCUT2D eigenvalue weighted by atomic mass is 9.87. The monoisotopic (exact) mass is 406 g/mol. The highest BCUT2D eigenvalue weighted by molar-refractivity contribution is 8.18. The Morgan fingerprint density at radius 3 is 2.28 bits per heavy atom. The van der Waals surface area contributed by atoms with Crippen LogP contribution >= 0.6 is 11.8 Å². The number of aliphatic imine (C=N–C) groups is 1. The molecule has 2 aromatic carbocycles. The fourth-order valence-corrected chi connectivity index (χ4v) is 4.09. The van der Waals surface area contributed by atoms with Crippen LogP contribution in [0.3, 0.4) is 0 Å². The number of carbonyl (C=O) groups excluding carboxylic acids is 1. The zero-order valence-corrected chi connectivity index (χ0v) is 18.8. The quantitative estimate of drug-likeness (QED) is 0.518. The van der Waals surface area contributed by atoms with Crippen LogP contribution in [-0.4, -0.2) is 22.5 Å². The number of aryl methyl sites for hydroxylation is 1. The number of hydrogen-bond donors (Lipinski definition) is 0. The van der Waals surface area contributed by atoms with Crippen LogP contribution in [0.2, 0.25) is 0 Å². The average molecular weight is 407 g/mol. The van der Waals surface area contributed by atoms with E-state index in [0.717, 1.165) is 34.2 Å². The van der Waals surface area contributed by atoms with Crippen LogP contribution in [0.1, 0.15) is 57.2 Å². The highest BCUT2D eigenvalue weighted by atomic mass is 32.2. The number of thioether (sulfide) groups is 1. The molecule has 1 aliphatic rings. The van der Waals surface area contributed by atoms with Crippen LogP contribution in [0, 0.1) is 6.92 Å². The van der Waals surface area contributed by atoms with Crippen molar-refractivity contribution in [3.05, 3.63) is 70.1 Å². The molecular weight excluding hydrogens is 376 g/mol. The maximum Gasteiger partial charge on any atom is 0.266 e. The molecule has 0 atom stereocenters. The van der Waals surface area contributed by atoms with Gasteiger partial charge in [-0.1, -0.05) is 76.1 Å². The largest absolute Gasteiger partial charge is 0.286 e. The van der Waals surface area contributed by atoms with E-state index in [0.29, 0.717) is 6.54 Å². The summed E-state index contributed by atoms with van der Waals surface area (Å²) in [5.41, 5.74) is 4.53. The van der Waals surface area contributed by atoms with Crippen LogP contribution in [-0.2, 0) is 10.2 Å². The maximum atomic E-state index is 13.1. The van der Waals surface area contributed by atoms with Crippen molar-refractivity contribution < 1.29 is 4.79 Å². The molecule has 1 saturated heterocycles. The molecule has 0 unspecified atom stereocenters. The van der Waals surface area contributed by atoms with Crippen LogP contribution in [0.5, 0.6) is 0 Å². The second-order valence-corrected chi connectivity index (χ2v) is 9.53. The highest BCUT2D eigenvalue weighted by Crippen LogP contribution is 2.34. The topological polar surface area (TPSA) is 32.7 Å². The fraction of sp³-hybridized carbons (Fsp3) is 0.360. The molecule has 1 aliphatic heterocycles. The first-order valence-electron chi connectivity index (χ1n) is 10.3. The third-order valence-corrected chi connectivity index (χ3v) is 5.96. The molecular formula is C25H30N2OS. The van der Waals surface area contributed by atoms with Gasteiger partial charge in [0.15, 0.2) is 5.17 Å². The van der Waals surface area contributed by atoms with E-state index in [4.69, 9.17) is 4.99 Å². The molecule has 2 aromatic rings. The Balaban J connectivity index is 1.89. The minimum Gasteiger partial charge on any atom is -0.286 e. The van der Waals surface area contributed by atoms with Crippen molar-refractivity contribution in [2.45, 2.75) is 52.9 Å². The zero-order chi connectivity index (χ0) is 21.0. The summed E-state index contributed by atoms with van der Waals surface area (Å²) in [5.74, 6) is 0.0502. The van der Waals surface area contributed by atoms with Crippen LogP contribution in [0.25, 0.3) is 6.08 Å². The lowest BCUT2D eigenvalue weighted by Gasteiger charge is -2.18. The molecule has 0 radical (unpaired) electrons. The summed E-state index contributed by atoms with van der Waals surface area (Å²) < 4.78 is 0. The Hall–Kier alpha value is -2.33. The number of hydrogen-bond acceptors (Lipinski definition) is 3. The predicted molar refractivity (Wildman–Crippen MR) is 126 cm³/mol. The maximum absolute atomic E-state index is 13.1. The summed E-state index contributed by atoms with van der Waals surface area (Å²) in [6, 6.07) is 16.6. The van der Waals surface area contributed by atoms with Gasteiger partial charge in [-0.3, -0.25) is 9.69 Å². The number of unbranched alkanes of at least 4 members (excludes halogenated alkanes) is 1. The number of nitrogens with zero attached hydrogens (tertiary/aromatic N) is 2. The van der Waals surface area contributed by atoms with Gasteiger partial charge in [-0.2, -0.15) is 0 Å². The van der Waals surface area contributed by atoms with E-state index in [9.17, 15) is 4.79 Å². The summed E-state index contributed by atoms with van der Waals surface area (Å²) >= 11 is 1.47. The Morgan fingerprint density at radius 1 is 1.03 bits per heavy atom. The molecule has 0 aliphatic carbocycles. The fourth-order valence-electron chi connectivity index (χ4n) is 3.07. The lowest BCUT2D eigenvalue weighted by Crippen LogP contribution is -2.30. The molecule has 0 spiro atoms. The van der Waals surface area contributed by atoms with Gasteiger partial charge < -0.3 is 0 Å².